The van der Waals surface area contributed by atoms with Crippen molar-refractivity contribution < 1.29 is 9.84 Å². The summed E-state index contributed by atoms with van der Waals surface area (Å²) in [7, 11) is 1.54. The number of nitrogens with two attached hydrogens (primary N) is 1. The molecule has 6 rings (SSSR count). The zero-order chi connectivity index (χ0) is 27.8. The molecule has 11 heteroatoms. The van der Waals surface area contributed by atoms with Gasteiger partial charge in [-0.15, -0.1) is 5.10 Å². The summed E-state index contributed by atoms with van der Waals surface area (Å²) in [5.41, 5.74) is 8.62. The van der Waals surface area contributed by atoms with Gasteiger partial charge in [0.1, 0.15) is 11.9 Å². The van der Waals surface area contributed by atoms with Gasteiger partial charge in [0.25, 0.3) is 5.56 Å². The van der Waals surface area contributed by atoms with Crippen LogP contribution in [0.4, 0.5) is 5.82 Å². The van der Waals surface area contributed by atoms with Gasteiger partial charge in [0.15, 0.2) is 11.5 Å². The average molecular weight is 532 g/mol. The maximum absolute atomic E-state index is 14.3. The minimum Gasteiger partial charge on any atom is -0.858 e. The minimum absolute atomic E-state index is 0.0176. The van der Waals surface area contributed by atoms with Gasteiger partial charge in [-0.1, -0.05) is 30.3 Å². The highest BCUT2D eigenvalue weighted by Crippen LogP contribution is 2.29. The van der Waals surface area contributed by atoms with Crippen LogP contribution >= 0.6 is 0 Å². The van der Waals surface area contributed by atoms with Gasteiger partial charge in [0, 0.05) is 24.7 Å². The number of aromatic nitrogens is 6. The van der Waals surface area contributed by atoms with Crippen molar-refractivity contribution in [1.29, 1.82) is 0 Å². The number of rotatable bonds is 6. The van der Waals surface area contributed by atoms with E-state index >= 15 is 0 Å². The van der Waals surface area contributed by atoms with Crippen LogP contribution in [0.25, 0.3) is 33.4 Å². The van der Waals surface area contributed by atoms with Crippen LogP contribution in [0.5, 0.6) is 5.88 Å². The van der Waals surface area contributed by atoms with E-state index in [4.69, 9.17) is 15.5 Å². The van der Waals surface area contributed by atoms with E-state index in [1.807, 2.05) is 36.4 Å². The lowest BCUT2D eigenvalue weighted by molar-refractivity contribution is -0.213. The van der Waals surface area contributed by atoms with E-state index in [0.29, 0.717) is 39.5 Å². The van der Waals surface area contributed by atoms with Gasteiger partial charge in [-0.3, -0.25) is 14.4 Å². The van der Waals surface area contributed by atoms with Crippen molar-refractivity contribution in [3.8, 4) is 22.7 Å². The van der Waals surface area contributed by atoms with E-state index in [1.165, 1.54) is 16.2 Å². The van der Waals surface area contributed by atoms with E-state index in [2.05, 4.69) is 20.1 Å². The van der Waals surface area contributed by atoms with Crippen LogP contribution in [0, 0.1) is 0 Å². The Morgan fingerprint density at radius 2 is 1.88 bits per heavy atom. The van der Waals surface area contributed by atoms with Crippen LogP contribution in [0.3, 0.4) is 0 Å². The molecule has 0 aliphatic heterocycles. The molecule has 0 bridgehead atoms. The minimum atomic E-state index is -0.812. The standard InChI is InChI=1S/C29H24N8O3/c1-17(33-28(38)24-25(30)35-36-15-7-13-32-27(24)36)26-34-21-11-6-10-20(18-12-14-31-22(16-18)40-2)23(21)29(39)37(26)19-8-4-3-5-9-19/h3-17H,1-2H3,(H2,30,35)(H,33,38)/p-1. The van der Waals surface area contributed by atoms with E-state index in [1.54, 1.807) is 55.8 Å². The molecule has 2 aromatic carbocycles. The molecule has 0 aliphatic rings. The Bertz CT molecular complexity index is 1960. The first-order valence-corrected chi connectivity index (χ1v) is 12.4. The van der Waals surface area contributed by atoms with Crippen LogP contribution < -0.4 is 21.1 Å². The second kappa shape index (κ2) is 9.95. The summed E-state index contributed by atoms with van der Waals surface area (Å²) in [5.74, 6) is 0.133. The molecule has 0 amide bonds. The molecule has 6 aromatic rings. The van der Waals surface area contributed by atoms with E-state index in [-0.39, 0.29) is 16.9 Å². The SMILES string of the molecule is COc1cc(-c2cccc3nc(C(C)N=C([O-])c4c(N)nn5cccnc45)n(-c4ccccc4)c(=O)c23)ccn1. The van der Waals surface area contributed by atoms with Gasteiger partial charge in [-0.05, 0) is 54.3 Å². The van der Waals surface area contributed by atoms with Crippen molar-refractivity contribution in [2.45, 2.75) is 13.0 Å². The van der Waals surface area contributed by atoms with E-state index in [9.17, 15) is 9.90 Å². The number of pyridine rings is 1. The molecule has 0 spiro atoms. The number of nitrogens with zero attached hydrogens (tertiary/aromatic N) is 7. The number of para-hydroxylation sites is 1. The van der Waals surface area contributed by atoms with Gasteiger partial charge in [-0.2, -0.15) is 0 Å². The predicted molar refractivity (Wildman–Crippen MR) is 149 cm³/mol. The van der Waals surface area contributed by atoms with Gasteiger partial charge < -0.3 is 15.6 Å². The number of benzene rings is 2. The van der Waals surface area contributed by atoms with Crippen LogP contribution in [0.1, 0.15) is 24.4 Å². The first-order chi connectivity index (χ1) is 19.5. The number of ether oxygens (including phenoxy) is 1. The molecule has 198 valence electrons. The smallest absolute Gasteiger partial charge is 0.266 e. The van der Waals surface area contributed by atoms with Crippen LogP contribution in [0.15, 0.2) is 95.1 Å². The number of nitrogen functional groups attached to an aromatic ring is 1. The third kappa shape index (κ3) is 4.19. The van der Waals surface area contributed by atoms with Gasteiger partial charge in [-0.25, -0.2) is 19.5 Å². The Kier molecular flexibility index (Phi) is 6.15. The number of hydrogen-bond acceptors (Lipinski definition) is 9. The van der Waals surface area contributed by atoms with Crippen LogP contribution in [0.2, 0.25) is 0 Å². The Morgan fingerprint density at radius 3 is 2.67 bits per heavy atom. The summed E-state index contributed by atoms with van der Waals surface area (Å²) in [6.45, 7) is 1.71. The van der Waals surface area contributed by atoms with Gasteiger partial charge >= 0.3 is 0 Å². The normalized spacial score (nSPS) is 12.6. The number of methoxy groups -OCH3 is 1. The highest BCUT2D eigenvalue weighted by atomic mass is 16.5. The lowest BCUT2D eigenvalue weighted by atomic mass is 10.0. The topological polar surface area (TPSA) is 149 Å². The molecule has 0 aliphatic carbocycles. The highest BCUT2D eigenvalue weighted by Gasteiger charge is 2.21. The fourth-order valence-electron chi connectivity index (χ4n) is 4.69. The third-order valence-electron chi connectivity index (χ3n) is 6.51. The van der Waals surface area contributed by atoms with E-state index < -0.39 is 11.9 Å². The zero-order valence-corrected chi connectivity index (χ0v) is 21.6. The molecule has 40 heavy (non-hydrogen) atoms. The molecule has 0 saturated carbocycles. The Balaban J connectivity index is 1.57. The molecule has 1 atom stereocenters. The summed E-state index contributed by atoms with van der Waals surface area (Å²) in [6.07, 6.45) is 4.81. The number of hydrogen-bond donors (Lipinski definition) is 1. The molecule has 4 aromatic heterocycles. The monoisotopic (exact) mass is 531 g/mol. The molecular formula is C29H23N8O3-. The summed E-state index contributed by atoms with van der Waals surface area (Å²) in [6, 6.07) is 19.0. The van der Waals surface area contributed by atoms with Crippen molar-refractivity contribution in [3.63, 3.8) is 0 Å². The summed E-state index contributed by atoms with van der Waals surface area (Å²) in [5, 5.41) is 17.9. The van der Waals surface area contributed by atoms with Gasteiger partial charge in [0.05, 0.1) is 29.3 Å². The zero-order valence-electron chi connectivity index (χ0n) is 21.6. The Hall–Kier alpha value is -5.58. The maximum atomic E-state index is 14.3. The highest BCUT2D eigenvalue weighted by molar-refractivity contribution is 6.01. The predicted octanol–water partition coefficient (Wildman–Crippen LogP) is 2.95. The lowest BCUT2D eigenvalue weighted by Gasteiger charge is -2.20. The fourth-order valence-corrected chi connectivity index (χ4v) is 4.69. The largest absolute Gasteiger partial charge is 0.858 e. The maximum Gasteiger partial charge on any atom is 0.266 e. The lowest BCUT2D eigenvalue weighted by Crippen LogP contribution is -2.27. The molecule has 0 radical (unpaired) electrons. The second-order valence-electron chi connectivity index (χ2n) is 8.99. The average Bonchev–Trinajstić information content (AvgIpc) is 3.32. The van der Waals surface area contributed by atoms with Crippen LogP contribution in [-0.2, 0) is 0 Å². The molecule has 1 unspecified atom stereocenters. The molecule has 11 nitrogen and oxygen atoms in total. The summed E-state index contributed by atoms with van der Waals surface area (Å²) in [4.78, 5) is 31.9. The molecule has 4 heterocycles. The van der Waals surface area contributed by atoms with E-state index in [0.717, 1.165) is 5.56 Å². The molecule has 0 fully saturated rings. The number of anilines is 1. The molecular weight excluding hydrogens is 508 g/mol. The second-order valence-corrected chi connectivity index (χ2v) is 8.99. The van der Waals surface area contributed by atoms with Crippen molar-refractivity contribution in [2.75, 3.05) is 12.8 Å². The first kappa shape index (κ1) is 24.7. The van der Waals surface area contributed by atoms with Gasteiger partial charge in [0.2, 0.25) is 5.88 Å². The molecule has 2 N–H and O–H groups in total. The van der Waals surface area contributed by atoms with Crippen LogP contribution in [-0.4, -0.2) is 42.1 Å². The fraction of sp³-hybridized carbons (Fsp3) is 0.103. The number of fused-ring (bicyclic) bond motifs is 2. The Labute approximate surface area is 227 Å². The third-order valence-corrected chi connectivity index (χ3v) is 6.51. The van der Waals surface area contributed by atoms with Crippen molar-refractivity contribution in [2.24, 2.45) is 4.99 Å². The van der Waals surface area contributed by atoms with Crippen molar-refractivity contribution >= 4 is 28.3 Å². The van der Waals surface area contributed by atoms with Crippen molar-refractivity contribution in [3.05, 3.63) is 107 Å². The first-order valence-electron chi connectivity index (χ1n) is 12.4. The summed E-state index contributed by atoms with van der Waals surface area (Å²) >= 11 is 0. The Morgan fingerprint density at radius 1 is 1.05 bits per heavy atom. The quantitative estimate of drug-likeness (QED) is 0.255. The number of aliphatic imine (C=N–C) groups is 1. The molecule has 0 saturated heterocycles. The summed E-state index contributed by atoms with van der Waals surface area (Å²) < 4.78 is 8.20. The van der Waals surface area contributed by atoms with Crippen molar-refractivity contribution in [1.82, 2.24) is 29.1 Å².